The quantitative estimate of drug-likeness (QED) is 0.832. The molecule has 0 aromatic heterocycles. The molecule has 3 N–H and O–H groups in total. The Bertz CT molecular complexity index is 473. The van der Waals surface area contributed by atoms with Crippen molar-refractivity contribution in [1.82, 2.24) is 0 Å². The van der Waals surface area contributed by atoms with Gasteiger partial charge in [-0.05, 0) is 25.0 Å². The fraction of sp³-hybridized carbons (Fsp3) is 0.571. The van der Waals surface area contributed by atoms with Crippen molar-refractivity contribution >= 4 is 15.9 Å². The van der Waals surface area contributed by atoms with Crippen LogP contribution >= 0.6 is 15.9 Å². The van der Waals surface area contributed by atoms with Crippen LogP contribution in [0.1, 0.15) is 43.2 Å². The highest BCUT2D eigenvalue weighted by Crippen LogP contribution is 2.47. The number of hydrogen-bond donors (Lipinski definition) is 2. The number of hydrogen-bond acceptors (Lipinski definition) is 2. The van der Waals surface area contributed by atoms with Gasteiger partial charge in [-0.25, -0.2) is 0 Å². The molecule has 0 heterocycles. The van der Waals surface area contributed by atoms with E-state index in [1.807, 2.05) is 0 Å². The maximum atomic E-state index is 12.7. The number of phenols is 1. The van der Waals surface area contributed by atoms with Crippen molar-refractivity contribution in [3.8, 4) is 5.75 Å². The molecule has 0 saturated heterocycles. The van der Waals surface area contributed by atoms with E-state index >= 15 is 0 Å². The molecule has 0 unspecified atom stereocenters. The molecule has 1 aliphatic rings. The van der Waals surface area contributed by atoms with Gasteiger partial charge in [0.2, 0.25) is 0 Å². The van der Waals surface area contributed by atoms with E-state index < -0.39 is 17.2 Å². The first-order valence-electron chi connectivity index (χ1n) is 6.60. The van der Waals surface area contributed by atoms with E-state index in [0.29, 0.717) is 12.1 Å². The van der Waals surface area contributed by atoms with Crippen molar-refractivity contribution in [3.63, 3.8) is 0 Å². The van der Waals surface area contributed by atoms with Gasteiger partial charge in [0.15, 0.2) is 0 Å². The van der Waals surface area contributed by atoms with Crippen LogP contribution in [0.4, 0.5) is 13.2 Å². The smallest absolute Gasteiger partial charge is 0.416 e. The summed E-state index contributed by atoms with van der Waals surface area (Å²) < 4.78 is 38.5. The Kier molecular flexibility index (Phi) is 4.35. The summed E-state index contributed by atoms with van der Waals surface area (Å²) in [6, 6.07) is 1.83. The zero-order valence-electron chi connectivity index (χ0n) is 10.9. The van der Waals surface area contributed by atoms with Crippen LogP contribution in [0.2, 0.25) is 0 Å². The lowest BCUT2D eigenvalue weighted by molar-refractivity contribution is -0.137. The van der Waals surface area contributed by atoms with Crippen LogP contribution in [-0.4, -0.2) is 11.7 Å². The van der Waals surface area contributed by atoms with Gasteiger partial charge in [-0.15, -0.1) is 0 Å². The van der Waals surface area contributed by atoms with E-state index in [1.54, 1.807) is 0 Å². The molecule has 1 aromatic carbocycles. The summed E-state index contributed by atoms with van der Waals surface area (Å²) in [6.07, 6.45) is 0.165. The zero-order chi connectivity index (χ0) is 15.0. The van der Waals surface area contributed by atoms with Gasteiger partial charge in [0.1, 0.15) is 5.75 Å². The molecular weight excluding hydrogens is 335 g/mol. The van der Waals surface area contributed by atoms with E-state index in [-0.39, 0.29) is 10.2 Å². The minimum absolute atomic E-state index is 0.289. The van der Waals surface area contributed by atoms with E-state index in [0.717, 1.165) is 44.2 Å². The van der Waals surface area contributed by atoms with Crippen molar-refractivity contribution in [2.24, 2.45) is 5.73 Å². The normalized spacial score (nSPS) is 19.1. The molecule has 1 saturated carbocycles. The highest BCUT2D eigenvalue weighted by Gasteiger charge is 2.39. The predicted octanol–water partition coefficient (Wildman–Crippen LogP) is 4.33. The molecule has 1 aliphatic carbocycles. The summed E-state index contributed by atoms with van der Waals surface area (Å²) in [5.74, 6) is -0.320. The summed E-state index contributed by atoms with van der Waals surface area (Å²) in [5.41, 5.74) is 5.12. The lowest BCUT2D eigenvalue weighted by Gasteiger charge is -2.38. The standard InChI is InChI=1S/C14H17BrF3NO/c15-10-6-9(14(16,17)18)7-11(20)12(10)13(8-19)4-2-1-3-5-13/h6-7,20H,1-5,8,19H2. The molecule has 0 amide bonds. The fourth-order valence-electron chi connectivity index (χ4n) is 3.07. The second-order valence-electron chi connectivity index (χ2n) is 5.40. The third-order valence-corrected chi connectivity index (χ3v) is 4.75. The fourth-order valence-corrected chi connectivity index (χ4v) is 3.94. The summed E-state index contributed by atoms with van der Waals surface area (Å²) in [4.78, 5) is 0. The molecule has 1 fully saturated rings. The van der Waals surface area contributed by atoms with Crippen molar-refractivity contribution < 1.29 is 18.3 Å². The lowest BCUT2D eigenvalue weighted by atomic mass is 9.69. The van der Waals surface area contributed by atoms with Crippen molar-refractivity contribution in [2.45, 2.75) is 43.7 Å². The zero-order valence-corrected chi connectivity index (χ0v) is 12.5. The van der Waals surface area contributed by atoms with Crippen molar-refractivity contribution in [2.75, 3.05) is 6.54 Å². The van der Waals surface area contributed by atoms with Crippen LogP contribution in [0.25, 0.3) is 0 Å². The number of rotatable bonds is 2. The first-order valence-corrected chi connectivity index (χ1v) is 7.40. The van der Waals surface area contributed by atoms with Gasteiger partial charge < -0.3 is 10.8 Å². The molecule has 2 nitrogen and oxygen atoms in total. The van der Waals surface area contributed by atoms with Gasteiger partial charge >= 0.3 is 6.18 Å². The minimum Gasteiger partial charge on any atom is -0.508 e. The molecule has 2 rings (SSSR count). The Morgan fingerprint density at radius 1 is 1.20 bits per heavy atom. The van der Waals surface area contributed by atoms with Crippen LogP contribution in [-0.2, 0) is 11.6 Å². The number of halogens is 4. The average Bonchev–Trinajstić information content (AvgIpc) is 2.38. The molecule has 0 bridgehead atoms. The molecule has 1 aromatic rings. The number of aromatic hydroxyl groups is 1. The topological polar surface area (TPSA) is 46.2 Å². The van der Waals surface area contributed by atoms with Gasteiger partial charge in [0.25, 0.3) is 0 Å². The molecule has 20 heavy (non-hydrogen) atoms. The van der Waals surface area contributed by atoms with Gasteiger partial charge in [-0.1, -0.05) is 35.2 Å². The third-order valence-electron chi connectivity index (χ3n) is 4.13. The third kappa shape index (κ3) is 2.81. The number of alkyl halides is 3. The van der Waals surface area contributed by atoms with Gasteiger partial charge in [0, 0.05) is 22.0 Å². The Morgan fingerprint density at radius 3 is 2.25 bits per heavy atom. The number of benzene rings is 1. The molecule has 6 heteroatoms. The first-order chi connectivity index (χ1) is 9.30. The van der Waals surface area contributed by atoms with Crippen molar-refractivity contribution in [1.29, 1.82) is 0 Å². The summed E-state index contributed by atoms with van der Waals surface area (Å²) >= 11 is 3.19. The molecule has 0 spiro atoms. The van der Waals surface area contributed by atoms with Crippen LogP contribution < -0.4 is 5.73 Å². The van der Waals surface area contributed by atoms with Gasteiger partial charge in [-0.2, -0.15) is 13.2 Å². The minimum atomic E-state index is -4.47. The van der Waals surface area contributed by atoms with Crippen LogP contribution in [0.15, 0.2) is 16.6 Å². The molecule has 0 radical (unpaired) electrons. The molecule has 0 atom stereocenters. The Labute approximate surface area is 124 Å². The average molecular weight is 352 g/mol. The first kappa shape index (κ1) is 15.6. The molecular formula is C14H17BrF3NO. The summed E-state index contributed by atoms with van der Waals surface area (Å²) in [6.45, 7) is 0.324. The Morgan fingerprint density at radius 2 is 1.80 bits per heavy atom. The second-order valence-corrected chi connectivity index (χ2v) is 6.25. The predicted molar refractivity (Wildman–Crippen MR) is 74.6 cm³/mol. The number of nitrogens with two attached hydrogens (primary N) is 1. The molecule has 0 aliphatic heterocycles. The van der Waals surface area contributed by atoms with Gasteiger partial charge in [-0.3, -0.25) is 0 Å². The SMILES string of the molecule is NCC1(c2c(O)cc(C(F)(F)F)cc2Br)CCCCC1. The summed E-state index contributed by atoms with van der Waals surface area (Å²) in [5, 5.41) is 10.1. The lowest BCUT2D eigenvalue weighted by Crippen LogP contribution is -2.37. The van der Waals surface area contributed by atoms with Crippen LogP contribution in [0.5, 0.6) is 5.75 Å². The van der Waals surface area contributed by atoms with E-state index in [4.69, 9.17) is 5.73 Å². The highest BCUT2D eigenvalue weighted by molar-refractivity contribution is 9.10. The van der Waals surface area contributed by atoms with E-state index in [1.165, 1.54) is 0 Å². The Hall–Kier alpha value is -0.750. The largest absolute Gasteiger partial charge is 0.508 e. The monoisotopic (exact) mass is 351 g/mol. The van der Waals surface area contributed by atoms with E-state index in [9.17, 15) is 18.3 Å². The van der Waals surface area contributed by atoms with E-state index in [2.05, 4.69) is 15.9 Å². The van der Waals surface area contributed by atoms with Crippen LogP contribution in [0.3, 0.4) is 0 Å². The Balaban J connectivity index is 2.51. The summed E-state index contributed by atoms with van der Waals surface area (Å²) in [7, 11) is 0. The van der Waals surface area contributed by atoms with Crippen molar-refractivity contribution in [3.05, 3.63) is 27.7 Å². The maximum Gasteiger partial charge on any atom is 0.416 e. The second kappa shape index (κ2) is 5.56. The number of phenolic OH excluding ortho intramolecular Hbond substituents is 1. The maximum absolute atomic E-state index is 12.7. The highest BCUT2D eigenvalue weighted by atomic mass is 79.9. The van der Waals surface area contributed by atoms with Gasteiger partial charge in [0.05, 0.1) is 5.56 Å². The van der Waals surface area contributed by atoms with Crippen LogP contribution in [0, 0.1) is 0 Å². The molecule has 112 valence electrons.